The van der Waals surface area contributed by atoms with Crippen LogP contribution in [0.15, 0.2) is 30.3 Å². The summed E-state index contributed by atoms with van der Waals surface area (Å²) in [7, 11) is 0. The van der Waals surface area contributed by atoms with Crippen molar-refractivity contribution in [1.82, 2.24) is 5.32 Å². The number of carbonyl (C=O) groups excluding carboxylic acids is 1. The van der Waals surface area contributed by atoms with Crippen LogP contribution in [0.1, 0.15) is 18.0 Å². The van der Waals surface area contributed by atoms with E-state index in [0.717, 1.165) is 5.56 Å². The predicted molar refractivity (Wildman–Crippen MR) is 63.0 cm³/mol. The number of hydrogen-bond donors (Lipinski definition) is 2. The van der Waals surface area contributed by atoms with Crippen LogP contribution < -0.4 is 11.1 Å². The highest BCUT2D eigenvalue weighted by Crippen LogP contribution is 2.15. The SMILES string of the molecule is N#CCC(NCCOC(N)=O)c1ccccc1. The van der Waals surface area contributed by atoms with Gasteiger partial charge in [-0.25, -0.2) is 4.79 Å². The highest BCUT2D eigenvalue weighted by molar-refractivity contribution is 5.64. The second kappa shape index (κ2) is 7.25. The average Bonchev–Trinajstić information content (AvgIpc) is 2.34. The Bertz CT molecular complexity index is 386. The Morgan fingerprint density at radius 3 is 2.76 bits per heavy atom. The van der Waals surface area contributed by atoms with Gasteiger partial charge in [-0.3, -0.25) is 0 Å². The topological polar surface area (TPSA) is 88.1 Å². The summed E-state index contributed by atoms with van der Waals surface area (Å²) in [5.74, 6) is 0. The first-order valence-corrected chi connectivity index (χ1v) is 5.31. The van der Waals surface area contributed by atoms with Gasteiger partial charge in [-0.1, -0.05) is 30.3 Å². The summed E-state index contributed by atoms with van der Waals surface area (Å²) in [6.07, 6.45) is -0.427. The minimum Gasteiger partial charge on any atom is -0.448 e. The lowest BCUT2D eigenvalue weighted by Gasteiger charge is -2.15. The molecule has 0 spiro atoms. The van der Waals surface area contributed by atoms with Gasteiger partial charge in [0.15, 0.2) is 0 Å². The van der Waals surface area contributed by atoms with Gasteiger partial charge in [-0.05, 0) is 5.56 Å². The maximum Gasteiger partial charge on any atom is 0.404 e. The molecule has 1 amide bonds. The molecule has 0 aliphatic carbocycles. The highest BCUT2D eigenvalue weighted by atomic mass is 16.5. The minimum absolute atomic E-state index is 0.0577. The van der Waals surface area contributed by atoms with Crippen molar-refractivity contribution < 1.29 is 9.53 Å². The first-order chi connectivity index (χ1) is 8.24. The van der Waals surface area contributed by atoms with E-state index in [1.54, 1.807) is 0 Å². The fourth-order valence-corrected chi connectivity index (χ4v) is 1.47. The Morgan fingerprint density at radius 1 is 1.47 bits per heavy atom. The summed E-state index contributed by atoms with van der Waals surface area (Å²) in [5, 5.41) is 11.9. The van der Waals surface area contributed by atoms with Crippen LogP contribution in [0, 0.1) is 11.3 Å². The van der Waals surface area contributed by atoms with Gasteiger partial charge < -0.3 is 15.8 Å². The quantitative estimate of drug-likeness (QED) is 0.725. The third kappa shape index (κ3) is 5.00. The molecule has 0 bridgehead atoms. The van der Waals surface area contributed by atoms with Gasteiger partial charge in [0.1, 0.15) is 6.61 Å². The number of primary amides is 1. The third-order valence-corrected chi connectivity index (χ3v) is 2.23. The number of benzene rings is 1. The van der Waals surface area contributed by atoms with E-state index in [1.807, 2.05) is 30.3 Å². The van der Waals surface area contributed by atoms with Crippen LogP contribution >= 0.6 is 0 Å². The Hall–Kier alpha value is -2.06. The fraction of sp³-hybridized carbons (Fsp3) is 0.333. The van der Waals surface area contributed by atoms with Crippen LogP contribution in [0.5, 0.6) is 0 Å². The molecular weight excluding hydrogens is 218 g/mol. The second-order valence-electron chi connectivity index (χ2n) is 3.45. The molecule has 1 aromatic carbocycles. The van der Waals surface area contributed by atoms with Gasteiger partial charge in [0, 0.05) is 12.6 Å². The van der Waals surface area contributed by atoms with Crippen molar-refractivity contribution in [2.24, 2.45) is 5.73 Å². The summed E-state index contributed by atoms with van der Waals surface area (Å²) < 4.78 is 4.60. The van der Waals surface area contributed by atoms with E-state index in [-0.39, 0.29) is 12.6 Å². The number of carbonyl (C=O) groups is 1. The number of ether oxygens (including phenoxy) is 1. The molecule has 1 unspecified atom stereocenters. The molecule has 3 N–H and O–H groups in total. The number of nitrogens with one attached hydrogen (secondary N) is 1. The molecule has 1 aromatic rings. The molecule has 17 heavy (non-hydrogen) atoms. The molecule has 0 aliphatic heterocycles. The molecule has 0 saturated heterocycles. The maximum absolute atomic E-state index is 10.4. The molecule has 0 heterocycles. The van der Waals surface area contributed by atoms with Crippen molar-refractivity contribution in [3.05, 3.63) is 35.9 Å². The minimum atomic E-state index is -0.789. The summed E-state index contributed by atoms with van der Waals surface area (Å²) in [6.45, 7) is 0.661. The Balaban J connectivity index is 2.45. The summed E-state index contributed by atoms with van der Waals surface area (Å²) >= 11 is 0. The monoisotopic (exact) mass is 233 g/mol. The number of nitrogens with zero attached hydrogens (tertiary/aromatic N) is 1. The van der Waals surface area contributed by atoms with Crippen molar-refractivity contribution in [3.63, 3.8) is 0 Å². The molecule has 90 valence electrons. The molecule has 0 fully saturated rings. The van der Waals surface area contributed by atoms with Gasteiger partial charge in [0.25, 0.3) is 0 Å². The predicted octanol–water partition coefficient (Wildman–Crippen LogP) is 1.33. The Kier molecular flexibility index (Phi) is 5.55. The van der Waals surface area contributed by atoms with E-state index in [2.05, 4.69) is 16.1 Å². The van der Waals surface area contributed by atoms with E-state index in [1.165, 1.54) is 0 Å². The first-order valence-electron chi connectivity index (χ1n) is 5.31. The van der Waals surface area contributed by atoms with E-state index in [0.29, 0.717) is 13.0 Å². The zero-order chi connectivity index (χ0) is 12.5. The molecule has 5 heteroatoms. The lowest BCUT2D eigenvalue weighted by molar-refractivity contribution is 0.156. The van der Waals surface area contributed by atoms with Crippen molar-refractivity contribution in [2.45, 2.75) is 12.5 Å². The largest absolute Gasteiger partial charge is 0.448 e. The standard InChI is InChI=1S/C12H15N3O2/c13-7-6-11(10-4-2-1-3-5-10)15-8-9-17-12(14)16/h1-5,11,15H,6,8-9H2,(H2,14,16). The lowest BCUT2D eigenvalue weighted by Crippen LogP contribution is -2.27. The van der Waals surface area contributed by atoms with Crippen LogP contribution in [-0.2, 0) is 4.74 Å². The van der Waals surface area contributed by atoms with E-state index in [4.69, 9.17) is 11.0 Å². The molecule has 1 atom stereocenters. The Morgan fingerprint density at radius 2 is 2.18 bits per heavy atom. The van der Waals surface area contributed by atoms with E-state index in [9.17, 15) is 4.79 Å². The van der Waals surface area contributed by atoms with Crippen LogP contribution in [0.3, 0.4) is 0 Å². The van der Waals surface area contributed by atoms with Crippen molar-refractivity contribution in [3.8, 4) is 6.07 Å². The van der Waals surface area contributed by atoms with Crippen LogP contribution in [0.2, 0.25) is 0 Å². The van der Waals surface area contributed by atoms with Crippen molar-refractivity contribution in [2.75, 3.05) is 13.2 Å². The first kappa shape index (κ1) is 13.0. The van der Waals surface area contributed by atoms with Gasteiger partial charge in [0.2, 0.25) is 0 Å². The van der Waals surface area contributed by atoms with Crippen LogP contribution in [0.25, 0.3) is 0 Å². The normalized spacial score (nSPS) is 11.5. The molecule has 5 nitrogen and oxygen atoms in total. The highest BCUT2D eigenvalue weighted by Gasteiger charge is 2.09. The average molecular weight is 233 g/mol. The Labute approximate surface area is 100 Å². The maximum atomic E-state index is 10.4. The molecule has 0 aromatic heterocycles. The molecule has 0 aliphatic rings. The smallest absolute Gasteiger partial charge is 0.404 e. The zero-order valence-electron chi connectivity index (χ0n) is 9.43. The van der Waals surface area contributed by atoms with E-state index < -0.39 is 6.09 Å². The second-order valence-corrected chi connectivity index (χ2v) is 3.45. The molecular formula is C12H15N3O2. The van der Waals surface area contributed by atoms with Crippen molar-refractivity contribution >= 4 is 6.09 Å². The van der Waals surface area contributed by atoms with Gasteiger partial charge in [-0.2, -0.15) is 5.26 Å². The van der Waals surface area contributed by atoms with Gasteiger partial charge in [-0.15, -0.1) is 0 Å². The van der Waals surface area contributed by atoms with Gasteiger partial charge >= 0.3 is 6.09 Å². The molecule has 0 saturated carbocycles. The summed E-state index contributed by atoms with van der Waals surface area (Å²) in [4.78, 5) is 10.4. The summed E-state index contributed by atoms with van der Waals surface area (Å²) in [6, 6.07) is 11.7. The number of nitrogens with two attached hydrogens (primary N) is 1. The van der Waals surface area contributed by atoms with Gasteiger partial charge in [0.05, 0.1) is 12.5 Å². The van der Waals surface area contributed by atoms with Crippen molar-refractivity contribution in [1.29, 1.82) is 5.26 Å². The number of hydrogen-bond acceptors (Lipinski definition) is 4. The van der Waals surface area contributed by atoms with Crippen LogP contribution in [-0.4, -0.2) is 19.2 Å². The molecule has 0 radical (unpaired) electrons. The van der Waals surface area contributed by atoms with E-state index >= 15 is 0 Å². The fourth-order valence-electron chi connectivity index (χ4n) is 1.47. The number of rotatable bonds is 6. The lowest BCUT2D eigenvalue weighted by atomic mass is 10.0. The molecule has 1 rings (SSSR count). The van der Waals surface area contributed by atoms with Crippen LogP contribution in [0.4, 0.5) is 4.79 Å². The zero-order valence-corrected chi connectivity index (χ0v) is 9.43. The number of nitriles is 1. The summed E-state index contributed by atoms with van der Waals surface area (Å²) in [5.41, 5.74) is 5.87. The third-order valence-electron chi connectivity index (χ3n) is 2.23. The number of amides is 1.